The molecule has 154 valence electrons. The van der Waals surface area contributed by atoms with Crippen molar-refractivity contribution in [2.45, 2.75) is 37.9 Å². The summed E-state index contributed by atoms with van der Waals surface area (Å²) in [7, 11) is 1.76. The monoisotopic (exact) mass is 517 g/mol. The lowest BCUT2D eigenvalue weighted by atomic mass is 10.1. The van der Waals surface area contributed by atoms with Crippen LogP contribution >= 0.6 is 35.7 Å². The average molecular weight is 517 g/mol. The number of nitrogens with zero attached hydrogens (tertiary/aromatic N) is 2. The zero-order chi connectivity index (χ0) is 19.2. The van der Waals surface area contributed by atoms with Crippen LogP contribution in [0.2, 0.25) is 0 Å². The molecule has 0 aliphatic carbocycles. The molecule has 1 aliphatic rings. The summed E-state index contributed by atoms with van der Waals surface area (Å²) < 4.78 is 41.4. The van der Waals surface area contributed by atoms with Crippen molar-refractivity contribution in [3.05, 3.63) is 35.4 Å². The molecule has 1 saturated heterocycles. The number of aliphatic imine (C=N–C) groups is 1. The predicted molar refractivity (Wildman–Crippen MR) is 116 cm³/mol. The molecule has 0 amide bonds. The molecule has 9 heteroatoms. The van der Waals surface area contributed by atoms with Crippen molar-refractivity contribution in [3.63, 3.8) is 0 Å². The second kappa shape index (κ2) is 10.8. The summed E-state index contributed by atoms with van der Waals surface area (Å²) in [5.41, 5.74) is 1.70. The Hall–Kier alpha value is -0.680. The van der Waals surface area contributed by atoms with Crippen molar-refractivity contribution in [1.82, 2.24) is 10.2 Å². The van der Waals surface area contributed by atoms with Gasteiger partial charge in [-0.1, -0.05) is 24.3 Å². The third kappa shape index (κ3) is 8.91. The Labute approximate surface area is 180 Å². The van der Waals surface area contributed by atoms with Gasteiger partial charge in [0.1, 0.15) is 6.61 Å². The molecule has 0 unspecified atom stereocenters. The van der Waals surface area contributed by atoms with Crippen molar-refractivity contribution in [1.29, 1.82) is 0 Å². The van der Waals surface area contributed by atoms with Crippen molar-refractivity contribution in [2.75, 3.05) is 32.5 Å². The Bertz CT molecular complexity index is 626. The van der Waals surface area contributed by atoms with Gasteiger partial charge in [-0.3, -0.25) is 4.99 Å². The number of nitrogens with one attached hydrogen (secondary N) is 1. The van der Waals surface area contributed by atoms with Crippen LogP contribution in [0.4, 0.5) is 13.2 Å². The number of guanidine groups is 1. The standard InChI is InChI=1S/C18H26F3N3OS.HI/c1-17(2)12-24(7-8-26-17)16(22-3)23-10-14-5-4-6-15(9-14)11-25-13-18(19,20)21;/h4-6,9H,7-8,10-13H2,1-3H3,(H,22,23);1H. The number of ether oxygens (including phenoxy) is 1. The van der Waals surface area contributed by atoms with E-state index in [0.717, 1.165) is 35.9 Å². The normalized spacial score (nSPS) is 17.4. The average Bonchev–Trinajstić information content (AvgIpc) is 2.54. The van der Waals surface area contributed by atoms with Crippen LogP contribution in [0.1, 0.15) is 25.0 Å². The molecule has 0 aromatic heterocycles. The lowest BCUT2D eigenvalue weighted by Gasteiger charge is -2.39. The Kier molecular flexibility index (Phi) is 9.70. The Morgan fingerprint density at radius 3 is 2.67 bits per heavy atom. The summed E-state index contributed by atoms with van der Waals surface area (Å²) in [6.45, 7) is 5.58. The molecule has 0 bridgehead atoms. The number of benzene rings is 1. The van der Waals surface area contributed by atoms with Crippen molar-refractivity contribution in [3.8, 4) is 0 Å². The summed E-state index contributed by atoms with van der Waals surface area (Å²) in [4.78, 5) is 6.61. The zero-order valence-electron chi connectivity index (χ0n) is 15.8. The molecule has 1 aliphatic heterocycles. The molecule has 27 heavy (non-hydrogen) atoms. The van der Waals surface area contributed by atoms with Crippen molar-refractivity contribution >= 4 is 41.7 Å². The van der Waals surface area contributed by atoms with Crippen LogP contribution in [0.5, 0.6) is 0 Å². The highest BCUT2D eigenvalue weighted by Gasteiger charge is 2.29. The highest BCUT2D eigenvalue weighted by atomic mass is 127. The SMILES string of the molecule is CN=C(NCc1cccc(COCC(F)(F)F)c1)N1CCSC(C)(C)C1.I. The molecule has 1 N–H and O–H groups in total. The maximum atomic E-state index is 12.2. The topological polar surface area (TPSA) is 36.9 Å². The van der Waals surface area contributed by atoms with Gasteiger partial charge in [0.25, 0.3) is 0 Å². The third-order valence-electron chi connectivity index (χ3n) is 3.91. The third-order valence-corrected chi connectivity index (χ3v) is 5.21. The van der Waals surface area contributed by atoms with E-state index in [1.807, 2.05) is 30.0 Å². The molecule has 0 atom stereocenters. The Morgan fingerprint density at radius 1 is 1.33 bits per heavy atom. The van der Waals surface area contributed by atoms with Crippen LogP contribution in [0.25, 0.3) is 0 Å². The van der Waals surface area contributed by atoms with Crippen LogP contribution in [0.15, 0.2) is 29.3 Å². The molecule has 1 fully saturated rings. The minimum Gasteiger partial charge on any atom is -0.367 e. The molecular weight excluding hydrogens is 490 g/mol. The van der Waals surface area contributed by atoms with E-state index in [0.29, 0.717) is 6.54 Å². The van der Waals surface area contributed by atoms with Gasteiger partial charge in [0.05, 0.1) is 6.61 Å². The van der Waals surface area contributed by atoms with Gasteiger partial charge in [-0.15, -0.1) is 24.0 Å². The van der Waals surface area contributed by atoms with E-state index >= 15 is 0 Å². The van der Waals surface area contributed by atoms with Gasteiger partial charge in [0.2, 0.25) is 0 Å². The van der Waals surface area contributed by atoms with Gasteiger partial charge in [0, 0.05) is 37.2 Å². The van der Waals surface area contributed by atoms with Crippen molar-refractivity contribution < 1.29 is 17.9 Å². The van der Waals surface area contributed by atoms with E-state index in [1.165, 1.54) is 0 Å². The fourth-order valence-corrected chi connectivity index (χ4v) is 3.94. The number of alkyl halides is 3. The second-order valence-corrected chi connectivity index (χ2v) is 8.66. The molecular formula is C18H27F3IN3OS. The highest BCUT2D eigenvalue weighted by molar-refractivity contribution is 14.0. The summed E-state index contributed by atoms with van der Waals surface area (Å²) >= 11 is 1.96. The van der Waals surface area contributed by atoms with Crippen LogP contribution in [-0.4, -0.2) is 54.3 Å². The van der Waals surface area contributed by atoms with Gasteiger partial charge < -0.3 is 15.0 Å². The van der Waals surface area contributed by atoms with E-state index in [4.69, 9.17) is 4.74 Å². The molecule has 2 rings (SSSR count). The summed E-state index contributed by atoms with van der Waals surface area (Å²) in [5, 5.41) is 3.35. The largest absolute Gasteiger partial charge is 0.411 e. The number of thioether (sulfide) groups is 1. The van der Waals surface area contributed by atoms with Gasteiger partial charge in [-0.25, -0.2) is 0 Å². The smallest absolute Gasteiger partial charge is 0.367 e. The lowest BCUT2D eigenvalue weighted by Crippen LogP contribution is -2.50. The minimum atomic E-state index is -4.30. The molecule has 1 aromatic carbocycles. The molecule has 0 radical (unpaired) electrons. The summed E-state index contributed by atoms with van der Waals surface area (Å²) in [6.07, 6.45) is -4.30. The molecule has 0 spiro atoms. The van der Waals surface area contributed by atoms with E-state index < -0.39 is 12.8 Å². The number of hydrogen-bond donors (Lipinski definition) is 1. The molecule has 4 nitrogen and oxygen atoms in total. The van der Waals surface area contributed by atoms with Gasteiger partial charge in [-0.05, 0) is 25.0 Å². The highest BCUT2D eigenvalue weighted by Crippen LogP contribution is 2.29. The van der Waals surface area contributed by atoms with E-state index in [9.17, 15) is 13.2 Å². The van der Waals surface area contributed by atoms with Gasteiger partial charge in [-0.2, -0.15) is 24.9 Å². The first-order valence-electron chi connectivity index (χ1n) is 8.50. The summed E-state index contributed by atoms with van der Waals surface area (Å²) in [6, 6.07) is 7.38. The van der Waals surface area contributed by atoms with E-state index in [-0.39, 0.29) is 35.3 Å². The quantitative estimate of drug-likeness (QED) is 0.360. The predicted octanol–water partition coefficient (Wildman–Crippen LogP) is 4.29. The Morgan fingerprint density at radius 2 is 2.04 bits per heavy atom. The first-order chi connectivity index (χ1) is 12.2. The van der Waals surface area contributed by atoms with Gasteiger partial charge >= 0.3 is 6.18 Å². The Balaban J connectivity index is 0.00000364. The first kappa shape index (κ1) is 24.4. The molecule has 1 aromatic rings. The van der Waals surface area contributed by atoms with Crippen LogP contribution in [-0.2, 0) is 17.9 Å². The van der Waals surface area contributed by atoms with Gasteiger partial charge in [0.15, 0.2) is 5.96 Å². The second-order valence-electron chi connectivity index (χ2n) is 6.86. The fraction of sp³-hybridized carbons (Fsp3) is 0.611. The van der Waals surface area contributed by atoms with Crippen molar-refractivity contribution in [2.24, 2.45) is 4.99 Å². The zero-order valence-corrected chi connectivity index (χ0v) is 19.0. The van der Waals surface area contributed by atoms with E-state index in [2.05, 4.69) is 29.1 Å². The maximum absolute atomic E-state index is 12.2. The lowest BCUT2D eigenvalue weighted by molar-refractivity contribution is -0.176. The molecule has 0 saturated carbocycles. The molecule has 1 heterocycles. The maximum Gasteiger partial charge on any atom is 0.411 e. The van der Waals surface area contributed by atoms with Crippen LogP contribution in [0, 0.1) is 0 Å². The minimum absolute atomic E-state index is 0. The number of rotatable bonds is 5. The van der Waals surface area contributed by atoms with Crippen LogP contribution in [0.3, 0.4) is 0 Å². The number of halogens is 4. The fourth-order valence-electron chi connectivity index (χ4n) is 2.82. The van der Waals surface area contributed by atoms with E-state index in [1.54, 1.807) is 13.1 Å². The van der Waals surface area contributed by atoms with Crippen LogP contribution < -0.4 is 5.32 Å². The summed E-state index contributed by atoms with van der Waals surface area (Å²) in [5.74, 6) is 1.90. The first-order valence-corrected chi connectivity index (χ1v) is 9.49. The number of hydrogen-bond acceptors (Lipinski definition) is 3.